The van der Waals surface area contributed by atoms with Crippen LogP contribution in [0.15, 0.2) is 29.6 Å². The summed E-state index contributed by atoms with van der Waals surface area (Å²) >= 11 is 1.46. The lowest BCUT2D eigenvalue weighted by molar-refractivity contribution is -0.209. The molecule has 0 aliphatic heterocycles. The Morgan fingerprint density at radius 3 is 2.61 bits per heavy atom. The number of hydrogen-bond acceptors (Lipinski definition) is 3. The van der Waals surface area contributed by atoms with Crippen molar-refractivity contribution in [1.82, 2.24) is 0 Å². The van der Waals surface area contributed by atoms with Crippen molar-refractivity contribution in [2.24, 2.45) is 5.73 Å². The first-order valence-electron chi connectivity index (χ1n) is 5.35. The normalized spacial score (nSPS) is 15.8. The smallest absolute Gasteiger partial charge is 0.382 e. The first-order valence-corrected chi connectivity index (χ1v) is 6.23. The Labute approximate surface area is 106 Å². The molecular weight excluding hydrogens is 263 g/mol. The van der Waals surface area contributed by atoms with Gasteiger partial charge in [0.2, 0.25) is 0 Å². The predicted molar refractivity (Wildman–Crippen MR) is 65.6 cm³/mol. The van der Waals surface area contributed by atoms with Gasteiger partial charge in [0, 0.05) is 10.7 Å². The zero-order valence-electron chi connectivity index (χ0n) is 9.32. The first kappa shape index (κ1) is 13.3. The first-order chi connectivity index (χ1) is 8.39. The average Bonchev–Trinajstić information content (AvgIpc) is 2.70. The molecule has 0 spiro atoms. The van der Waals surface area contributed by atoms with Crippen LogP contribution < -0.4 is 5.73 Å². The molecule has 18 heavy (non-hydrogen) atoms. The SMILES string of the molecule is N[C@@H](Cc1csc2ccccc12)[C@H](O)C(F)(F)F. The standard InChI is InChI=1S/C12H12F3NOS/c13-12(14,15)11(17)9(16)5-7-6-18-10-4-2-1-3-8(7)10/h1-4,6,9,11,17H,5,16H2/t9-,11-/m0/s1. The summed E-state index contributed by atoms with van der Waals surface area (Å²) in [6.07, 6.45) is -7.16. The van der Waals surface area contributed by atoms with Crippen molar-refractivity contribution >= 4 is 21.4 Å². The van der Waals surface area contributed by atoms with Gasteiger partial charge in [-0.1, -0.05) is 18.2 Å². The highest BCUT2D eigenvalue weighted by atomic mass is 32.1. The van der Waals surface area contributed by atoms with E-state index in [9.17, 15) is 13.2 Å². The highest BCUT2D eigenvalue weighted by Gasteiger charge is 2.42. The summed E-state index contributed by atoms with van der Waals surface area (Å²) in [5, 5.41) is 11.8. The molecule has 2 nitrogen and oxygen atoms in total. The second kappa shape index (κ2) is 4.87. The van der Waals surface area contributed by atoms with Crippen LogP contribution in [0.2, 0.25) is 0 Å². The Balaban J connectivity index is 2.19. The van der Waals surface area contributed by atoms with Crippen molar-refractivity contribution in [3.63, 3.8) is 0 Å². The summed E-state index contributed by atoms with van der Waals surface area (Å²) < 4.78 is 37.9. The topological polar surface area (TPSA) is 46.2 Å². The molecule has 0 saturated carbocycles. The third kappa shape index (κ3) is 2.66. The number of aliphatic hydroxyl groups is 1. The number of thiophene rings is 1. The lowest BCUT2D eigenvalue weighted by atomic mass is 10.0. The molecule has 0 aliphatic carbocycles. The zero-order valence-corrected chi connectivity index (χ0v) is 10.1. The van der Waals surface area contributed by atoms with Gasteiger partial charge in [-0.25, -0.2) is 0 Å². The number of aliphatic hydroxyl groups excluding tert-OH is 1. The Morgan fingerprint density at radius 2 is 1.94 bits per heavy atom. The van der Waals surface area contributed by atoms with E-state index in [2.05, 4.69) is 0 Å². The average molecular weight is 275 g/mol. The second-order valence-corrected chi connectivity index (χ2v) is 5.02. The quantitative estimate of drug-likeness (QED) is 0.904. The minimum absolute atomic E-state index is 0.00465. The molecule has 1 heterocycles. The lowest BCUT2D eigenvalue weighted by Crippen LogP contribution is -2.46. The number of nitrogens with two attached hydrogens (primary N) is 1. The van der Waals surface area contributed by atoms with Crippen molar-refractivity contribution in [2.45, 2.75) is 24.7 Å². The van der Waals surface area contributed by atoms with Gasteiger partial charge >= 0.3 is 6.18 Å². The van der Waals surface area contributed by atoms with E-state index in [4.69, 9.17) is 10.8 Å². The molecule has 0 aliphatic rings. The van der Waals surface area contributed by atoms with Gasteiger partial charge in [-0.2, -0.15) is 13.2 Å². The molecule has 6 heteroatoms. The van der Waals surface area contributed by atoms with Crippen molar-refractivity contribution in [2.75, 3.05) is 0 Å². The fourth-order valence-electron chi connectivity index (χ4n) is 1.80. The third-order valence-electron chi connectivity index (χ3n) is 2.76. The fourth-order valence-corrected chi connectivity index (χ4v) is 2.77. The van der Waals surface area contributed by atoms with E-state index in [1.54, 1.807) is 5.38 Å². The number of fused-ring (bicyclic) bond motifs is 1. The molecule has 0 saturated heterocycles. The molecule has 2 atom stereocenters. The van der Waals surface area contributed by atoms with Crippen molar-refractivity contribution in [3.05, 3.63) is 35.2 Å². The molecule has 0 fully saturated rings. The van der Waals surface area contributed by atoms with Gasteiger partial charge in [-0.15, -0.1) is 11.3 Å². The number of benzene rings is 1. The maximum atomic E-state index is 12.3. The molecule has 2 aromatic rings. The van der Waals surface area contributed by atoms with Crippen LogP contribution in [0, 0.1) is 0 Å². The van der Waals surface area contributed by atoms with Crippen LogP contribution in [-0.2, 0) is 6.42 Å². The Morgan fingerprint density at radius 1 is 1.28 bits per heavy atom. The van der Waals surface area contributed by atoms with Crippen LogP contribution in [0.1, 0.15) is 5.56 Å². The molecule has 0 unspecified atom stereocenters. The fraction of sp³-hybridized carbons (Fsp3) is 0.333. The van der Waals surface area contributed by atoms with Crippen LogP contribution in [0.3, 0.4) is 0 Å². The number of rotatable bonds is 3. The molecule has 98 valence electrons. The van der Waals surface area contributed by atoms with E-state index < -0.39 is 18.3 Å². The number of halogens is 3. The third-order valence-corrected chi connectivity index (χ3v) is 3.77. The summed E-state index contributed by atoms with van der Waals surface area (Å²) in [7, 11) is 0. The highest BCUT2D eigenvalue weighted by molar-refractivity contribution is 7.17. The molecule has 1 aromatic carbocycles. The molecule has 0 amide bonds. The monoisotopic (exact) mass is 275 g/mol. The maximum absolute atomic E-state index is 12.3. The van der Waals surface area contributed by atoms with Gasteiger partial charge in [0.05, 0.1) is 0 Å². The molecule has 0 radical (unpaired) electrons. The molecule has 0 bridgehead atoms. The van der Waals surface area contributed by atoms with Gasteiger partial charge in [-0.3, -0.25) is 0 Å². The molecule has 1 aromatic heterocycles. The summed E-state index contributed by atoms with van der Waals surface area (Å²) in [5.41, 5.74) is 6.16. The summed E-state index contributed by atoms with van der Waals surface area (Å²) in [6.45, 7) is 0. The van der Waals surface area contributed by atoms with Crippen LogP contribution in [0.4, 0.5) is 13.2 Å². The van der Waals surface area contributed by atoms with Crippen LogP contribution >= 0.6 is 11.3 Å². The minimum Gasteiger partial charge on any atom is -0.382 e. The highest BCUT2D eigenvalue weighted by Crippen LogP contribution is 2.28. The minimum atomic E-state index is -4.68. The van der Waals surface area contributed by atoms with Crippen molar-refractivity contribution in [3.8, 4) is 0 Å². The van der Waals surface area contributed by atoms with E-state index in [-0.39, 0.29) is 6.42 Å². The number of hydrogen-bond donors (Lipinski definition) is 2. The van der Waals surface area contributed by atoms with Gasteiger partial charge in [0.25, 0.3) is 0 Å². The van der Waals surface area contributed by atoms with E-state index in [0.29, 0.717) is 0 Å². The Bertz CT molecular complexity index is 537. The van der Waals surface area contributed by atoms with Gasteiger partial charge in [0.1, 0.15) is 0 Å². The molecule has 3 N–H and O–H groups in total. The van der Waals surface area contributed by atoms with Gasteiger partial charge in [-0.05, 0) is 28.8 Å². The van der Waals surface area contributed by atoms with E-state index >= 15 is 0 Å². The van der Waals surface area contributed by atoms with Crippen LogP contribution in [0.5, 0.6) is 0 Å². The Kier molecular flexibility index (Phi) is 3.61. The van der Waals surface area contributed by atoms with E-state index in [1.165, 1.54) is 11.3 Å². The predicted octanol–water partition coefficient (Wildman–Crippen LogP) is 2.69. The van der Waals surface area contributed by atoms with Gasteiger partial charge < -0.3 is 10.8 Å². The second-order valence-electron chi connectivity index (χ2n) is 4.11. The molecule has 2 rings (SSSR count). The van der Waals surface area contributed by atoms with Crippen LogP contribution in [-0.4, -0.2) is 23.4 Å². The summed E-state index contributed by atoms with van der Waals surface area (Å²) in [6, 6.07) is 6.09. The van der Waals surface area contributed by atoms with Crippen LogP contribution in [0.25, 0.3) is 10.1 Å². The van der Waals surface area contributed by atoms with Gasteiger partial charge in [0.15, 0.2) is 6.10 Å². The number of alkyl halides is 3. The zero-order chi connectivity index (χ0) is 13.3. The van der Waals surface area contributed by atoms with Crippen molar-refractivity contribution < 1.29 is 18.3 Å². The Hall–Kier alpha value is -1.11. The summed E-state index contributed by atoms with van der Waals surface area (Å²) in [5.74, 6) is 0. The van der Waals surface area contributed by atoms with Crippen molar-refractivity contribution in [1.29, 1.82) is 0 Å². The molecular formula is C12H12F3NOS. The maximum Gasteiger partial charge on any atom is 0.415 e. The van der Waals surface area contributed by atoms with E-state index in [0.717, 1.165) is 15.6 Å². The van der Waals surface area contributed by atoms with E-state index in [1.807, 2.05) is 24.3 Å². The largest absolute Gasteiger partial charge is 0.415 e. The summed E-state index contributed by atoms with van der Waals surface area (Å²) in [4.78, 5) is 0. The lowest BCUT2D eigenvalue weighted by Gasteiger charge is -2.21.